The van der Waals surface area contributed by atoms with Crippen molar-refractivity contribution in [2.45, 2.75) is 27.0 Å². The minimum Gasteiger partial charge on any atom is -0.485 e. The minimum absolute atomic E-state index is 0.134. The van der Waals surface area contributed by atoms with Gasteiger partial charge in [0.2, 0.25) is 5.95 Å². The van der Waals surface area contributed by atoms with E-state index in [9.17, 15) is 9.18 Å². The summed E-state index contributed by atoms with van der Waals surface area (Å²) in [5.74, 6) is 0.862. The number of anilines is 1. The smallest absolute Gasteiger partial charge is 0.293 e. The molecule has 7 nitrogen and oxygen atoms in total. The SMILES string of the molecule is Cc1cccc(C)c1OCc1ccc(C(=O)Nc2ncn(Cc3ccc(F)cc3)n2)o1. The lowest BCUT2D eigenvalue weighted by Gasteiger charge is -2.10. The number of aromatic nitrogens is 3. The zero-order chi connectivity index (χ0) is 21.8. The molecule has 0 spiro atoms. The van der Waals surface area contributed by atoms with E-state index in [1.807, 2.05) is 32.0 Å². The minimum atomic E-state index is -0.460. The standard InChI is InChI=1S/C23H21FN4O3/c1-15-4-3-5-16(2)21(15)30-13-19-10-11-20(31-19)22(29)26-23-25-14-28(27-23)12-17-6-8-18(24)9-7-17/h3-11,14H,12-13H2,1-2H3,(H,26,27,29). The van der Waals surface area contributed by atoms with Crippen LogP contribution in [0, 0.1) is 19.7 Å². The number of para-hydroxylation sites is 1. The zero-order valence-corrected chi connectivity index (χ0v) is 17.1. The first-order chi connectivity index (χ1) is 15.0. The van der Waals surface area contributed by atoms with Gasteiger partial charge >= 0.3 is 0 Å². The molecule has 1 N–H and O–H groups in total. The van der Waals surface area contributed by atoms with Gasteiger partial charge in [0.15, 0.2) is 5.76 Å². The van der Waals surface area contributed by atoms with Gasteiger partial charge in [-0.1, -0.05) is 30.3 Å². The molecule has 0 saturated heterocycles. The van der Waals surface area contributed by atoms with Crippen LogP contribution < -0.4 is 10.1 Å². The van der Waals surface area contributed by atoms with E-state index in [1.54, 1.807) is 28.9 Å². The van der Waals surface area contributed by atoms with Crippen molar-refractivity contribution < 1.29 is 18.3 Å². The molecule has 2 aromatic heterocycles. The highest BCUT2D eigenvalue weighted by atomic mass is 19.1. The van der Waals surface area contributed by atoms with Gasteiger partial charge in [0, 0.05) is 0 Å². The molecule has 2 heterocycles. The summed E-state index contributed by atoms with van der Waals surface area (Å²) in [6.07, 6.45) is 1.49. The van der Waals surface area contributed by atoms with Crippen LogP contribution in [-0.4, -0.2) is 20.7 Å². The average molecular weight is 420 g/mol. The number of benzene rings is 2. The van der Waals surface area contributed by atoms with Crippen LogP contribution >= 0.6 is 0 Å². The van der Waals surface area contributed by atoms with Gasteiger partial charge in [-0.25, -0.2) is 14.1 Å². The number of carbonyl (C=O) groups is 1. The molecule has 0 bridgehead atoms. The van der Waals surface area contributed by atoms with Crippen LogP contribution in [0.5, 0.6) is 5.75 Å². The number of nitrogens with one attached hydrogen (secondary N) is 1. The molecular formula is C23H21FN4O3. The number of hydrogen-bond donors (Lipinski definition) is 1. The third-order valence-corrected chi connectivity index (χ3v) is 4.67. The van der Waals surface area contributed by atoms with E-state index >= 15 is 0 Å². The maximum Gasteiger partial charge on any atom is 0.293 e. The van der Waals surface area contributed by atoms with Gasteiger partial charge in [-0.15, -0.1) is 5.10 Å². The average Bonchev–Trinajstić information content (AvgIpc) is 3.39. The fourth-order valence-corrected chi connectivity index (χ4v) is 3.12. The van der Waals surface area contributed by atoms with Gasteiger partial charge in [-0.2, -0.15) is 0 Å². The Kier molecular flexibility index (Phi) is 5.79. The van der Waals surface area contributed by atoms with Crippen molar-refractivity contribution >= 4 is 11.9 Å². The molecule has 8 heteroatoms. The summed E-state index contributed by atoms with van der Waals surface area (Å²) < 4.78 is 26.0. The summed E-state index contributed by atoms with van der Waals surface area (Å²) in [6, 6.07) is 15.3. The van der Waals surface area contributed by atoms with E-state index in [0.29, 0.717) is 12.3 Å². The zero-order valence-electron chi connectivity index (χ0n) is 17.1. The molecular weight excluding hydrogens is 399 g/mol. The normalized spacial score (nSPS) is 10.8. The van der Waals surface area contributed by atoms with Gasteiger partial charge in [-0.05, 0) is 54.8 Å². The molecule has 0 aliphatic rings. The highest BCUT2D eigenvalue weighted by Gasteiger charge is 2.14. The molecule has 2 aromatic carbocycles. The van der Waals surface area contributed by atoms with Crippen LogP contribution in [-0.2, 0) is 13.2 Å². The molecule has 0 saturated carbocycles. The van der Waals surface area contributed by atoms with Crippen LogP contribution in [0.15, 0.2) is 65.3 Å². The topological polar surface area (TPSA) is 82.2 Å². The van der Waals surface area contributed by atoms with E-state index in [0.717, 1.165) is 22.4 Å². The molecule has 0 radical (unpaired) electrons. The maximum absolute atomic E-state index is 13.0. The first-order valence-electron chi connectivity index (χ1n) is 9.71. The van der Waals surface area contributed by atoms with E-state index in [2.05, 4.69) is 15.4 Å². The molecule has 0 aliphatic carbocycles. The maximum atomic E-state index is 13.0. The third-order valence-electron chi connectivity index (χ3n) is 4.67. The van der Waals surface area contributed by atoms with Crippen molar-refractivity contribution in [3.63, 3.8) is 0 Å². The second-order valence-corrected chi connectivity index (χ2v) is 7.12. The lowest BCUT2D eigenvalue weighted by atomic mass is 10.1. The highest BCUT2D eigenvalue weighted by molar-refractivity contribution is 6.01. The molecule has 0 unspecified atom stereocenters. The summed E-state index contributed by atoms with van der Waals surface area (Å²) >= 11 is 0. The van der Waals surface area contributed by atoms with Crippen LogP contribution in [0.3, 0.4) is 0 Å². The van der Waals surface area contributed by atoms with Gasteiger partial charge in [-0.3, -0.25) is 10.1 Å². The number of nitrogens with zero attached hydrogens (tertiary/aromatic N) is 3. The van der Waals surface area contributed by atoms with Crippen molar-refractivity contribution in [2.24, 2.45) is 0 Å². The lowest BCUT2D eigenvalue weighted by molar-refractivity contribution is 0.0991. The van der Waals surface area contributed by atoms with Crippen LogP contribution in [0.25, 0.3) is 0 Å². The van der Waals surface area contributed by atoms with Crippen molar-refractivity contribution in [2.75, 3.05) is 5.32 Å². The number of halogens is 1. The van der Waals surface area contributed by atoms with Crippen molar-refractivity contribution in [1.29, 1.82) is 0 Å². The number of furan rings is 1. The number of hydrogen-bond acceptors (Lipinski definition) is 5. The largest absolute Gasteiger partial charge is 0.485 e. The van der Waals surface area contributed by atoms with E-state index < -0.39 is 5.91 Å². The van der Waals surface area contributed by atoms with E-state index in [-0.39, 0.29) is 24.1 Å². The number of aryl methyl sites for hydroxylation is 2. The van der Waals surface area contributed by atoms with Crippen LogP contribution in [0.4, 0.5) is 10.3 Å². The lowest BCUT2D eigenvalue weighted by Crippen LogP contribution is -2.12. The Morgan fingerprint density at radius 2 is 1.84 bits per heavy atom. The Morgan fingerprint density at radius 3 is 2.58 bits per heavy atom. The third kappa shape index (κ3) is 4.98. The number of amides is 1. The Balaban J connectivity index is 1.35. The summed E-state index contributed by atoms with van der Waals surface area (Å²) in [4.78, 5) is 16.5. The summed E-state index contributed by atoms with van der Waals surface area (Å²) in [5, 5.41) is 6.81. The van der Waals surface area contributed by atoms with Crippen molar-refractivity contribution in [1.82, 2.24) is 14.8 Å². The number of ether oxygens (including phenoxy) is 1. The van der Waals surface area contributed by atoms with E-state index in [1.165, 1.54) is 18.5 Å². The van der Waals surface area contributed by atoms with Crippen LogP contribution in [0.1, 0.15) is 33.0 Å². The van der Waals surface area contributed by atoms with Crippen LogP contribution in [0.2, 0.25) is 0 Å². The quantitative estimate of drug-likeness (QED) is 0.476. The molecule has 4 rings (SSSR count). The fourth-order valence-electron chi connectivity index (χ4n) is 3.12. The van der Waals surface area contributed by atoms with Crippen molar-refractivity contribution in [3.8, 4) is 5.75 Å². The molecule has 1 amide bonds. The summed E-state index contributed by atoms with van der Waals surface area (Å²) in [6.45, 7) is 4.57. The van der Waals surface area contributed by atoms with Crippen molar-refractivity contribution in [3.05, 3.63) is 95.0 Å². The Labute approximate surface area is 178 Å². The van der Waals surface area contributed by atoms with Gasteiger partial charge in [0.25, 0.3) is 5.91 Å². The Morgan fingerprint density at radius 1 is 1.10 bits per heavy atom. The first-order valence-corrected chi connectivity index (χ1v) is 9.71. The molecule has 158 valence electrons. The molecule has 0 aliphatic heterocycles. The summed E-state index contributed by atoms with van der Waals surface area (Å²) in [7, 11) is 0. The molecule has 0 fully saturated rings. The number of carbonyl (C=O) groups excluding carboxylic acids is 1. The van der Waals surface area contributed by atoms with Gasteiger partial charge in [0.1, 0.15) is 30.3 Å². The monoisotopic (exact) mass is 420 g/mol. The van der Waals surface area contributed by atoms with E-state index in [4.69, 9.17) is 9.15 Å². The van der Waals surface area contributed by atoms with Gasteiger partial charge in [0.05, 0.1) is 6.54 Å². The Bertz CT molecular complexity index is 1180. The second-order valence-electron chi connectivity index (χ2n) is 7.12. The molecule has 0 atom stereocenters. The summed E-state index contributed by atoms with van der Waals surface area (Å²) in [5.41, 5.74) is 2.93. The predicted molar refractivity (Wildman–Crippen MR) is 112 cm³/mol. The highest BCUT2D eigenvalue weighted by Crippen LogP contribution is 2.24. The van der Waals surface area contributed by atoms with Gasteiger partial charge < -0.3 is 9.15 Å². The molecule has 31 heavy (non-hydrogen) atoms. The Hall–Kier alpha value is -3.94. The second kappa shape index (κ2) is 8.83. The predicted octanol–water partition coefficient (Wildman–Crippen LogP) is 4.51. The fraction of sp³-hybridized carbons (Fsp3) is 0.174. The number of rotatable bonds is 7. The molecule has 4 aromatic rings. The first kappa shape index (κ1) is 20.3.